The van der Waals surface area contributed by atoms with E-state index in [1.165, 1.54) is 31.2 Å². The Labute approximate surface area is 164 Å². The van der Waals surface area contributed by atoms with Gasteiger partial charge in [0.15, 0.2) is 17.0 Å². The minimum atomic E-state index is -1.92. The van der Waals surface area contributed by atoms with Crippen molar-refractivity contribution in [2.24, 2.45) is 0 Å². The summed E-state index contributed by atoms with van der Waals surface area (Å²) >= 11 is 0. The zero-order chi connectivity index (χ0) is 21.3. The Kier molecular flexibility index (Phi) is 5.06. The van der Waals surface area contributed by atoms with Crippen molar-refractivity contribution in [3.05, 3.63) is 77.1 Å². The van der Waals surface area contributed by atoms with Crippen LogP contribution in [-0.2, 0) is 10.3 Å². The highest BCUT2D eigenvalue weighted by Gasteiger charge is 2.38. The van der Waals surface area contributed by atoms with Crippen LogP contribution in [0, 0.1) is 18.6 Å². The van der Waals surface area contributed by atoms with Crippen LogP contribution in [0.2, 0.25) is 0 Å². The van der Waals surface area contributed by atoms with Crippen molar-refractivity contribution in [2.45, 2.75) is 19.4 Å². The van der Waals surface area contributed by atoms with Gasteiger partial charge in [0.25, 0.3) is 5.91 Å². The number of aryl methyl sites for hydroxylation is 1. The number of rotatable bonds is 5. The van der Waals surface area contributed by atoms with E-state index in [9.17, 15) is 28.6 Å². The second kappa shape index (κ2) is 7.34. The molecule has 0 saturated heterocycles. The Hall–Kier alpha value is -3.75. The van der Waals surface area contributed by atoms with E-state index in [1.807, 2.05) is 0 Å². The lowest BCUT2D eigenvalue weighted by molar-refractivity contribution is -0.144. The average molecular weight is 401 g/mol. The van der Waals surface area contributed by atoms with Gasteiger partial charge in [-0.05, 0) is 49.2 Å². The van der Waals surface area contributed by atoms with Gasteiger partial charge in [-0.15, -0.1) is 0 Å². The highest BCUT2D eigenvalue weighted by molar-refractivity contribution is 5.98. The molecular weight excluding hydrogens is 384 g/mol. The number of carboxylic acids is 1. The van der Waals surface area contributed by atoms with Gasteiger partial charge in [0, 0.05) is 0 Å². The molecule has 1 atom stereocenters. The average Bonchev–Trinajstić information content (AvgIpc) is 3.05. The summed E-state index contributed by atoms with van der Waals surface area (Å²) in [6.45, 7) is 2.95. The molecule has 2 aromatic carbocycles. The van der Waals surface area contributed by atoms with Crippen LogP contribution < -0.4 is 5.32 Å². The van der Waals surface area contributed by atoms with Crippen LogP contribution >= 0.6 is 0 Å². The van der Waals surface area contributed by atoms with Crippen LogP contribution in [0.3, 0.4) is 0 Å². The minimum Gasteiger partial charge on any atom is -0.504 e. The molecule has 0 aliphatic rings. The maximum atomic E-state index is 14.1. The van der Waals surface area contributed by atoms with Crippen molar-refractivity contribution in [2.75, 3.05) is 0 Å². The Morgan fingerprint density at radius 3 is 2.41 bits per heavy atom. The van der Waals surface area contributed by atoms with Crippen molar-refractivity contribution in [3.8, 4) is 11.4 Å². The minimum absolute atomic E-state index is 0.0129. The largest absolute Gasteiger partial charge is 0.504 e. The van der Waals surface area contributed by atoms with Gasteiger partial charge in [-0.3, -0.25) is 4.79 Å². The molecule has 3 N–H and O–H groups in total. The highest BCUT2D eigenvalue weighted by atomic mass is 19.1. The Morgan fingerprint density at radius 2 is 1.79 bits per heavy atom. The third kappa shape index (κ3) is 3.79. The molecule has 0 aliphatic carbocycles. The first kappa shape index (κ1) is 20.0. The van der Waals surface area contributed by atoms with Crippen molar-refractivity contribution < 1.29 is 28.6 Å². The number of aliphatic carboxylic acids is 1. The fraction of sp³-hybridized carbons (Fsp3) is 0.150. The zero-order valence-electron chi connectivity index (χ0n) is 15.5. The summed E-state index contributed by atoms with van der Waals surface area (Å²) in [4.78, 5) is 24.5. The fourth-order valence-electron chi connectivity index (χ4n) is 2.77. The number of hydrogen-bond acceptors (Lipinski definition) is 4. The maximum absolute atomic E-state index is 14.1. The number of hydrogen-bond donors (Lipinski definition) is 3. The monoisotopic (exact) mass is 401 g/mol. The lowest BCUT2D eigenvalue weighted by Crippen LogP contribution is -2.49. The number of nitrogens with zero attached hydrogens (tertiary/aromatic N) is 2. The summed E-state index contributed by atoms with van der Waals surface area (Å²) < 4.78 is 28.2. The molecule has 3 aromatic rings. The third-order valence-electron chi connectivity index (χ3n) is 4.47. The first-order chi connectivity index (χ1) is 13.6. The number of amides is 1. The normalized spacial score (nSPS) is 13.0. The van der Waals surface area contributed by atoms with Crippen molar-refractivity contribution >= 4 is 11.9 Å². The van der Waals surface area contributed by atoms with Crippen LogP contribution in [0.25, 0.3) is 5.69 Å². The van der Waals surface area contributed by atoms with Crippen LogP contribution in [0.1, 0.15) is 28.5 Å². The zero-order valence-corrected chi connectivity index (χ0v) is 15.5. The molecule has 0 spiro atoms. The van der Waals surface area contributed by atoms with Gasteiger partial charge < -0.3 is 15.5 Å². The Morgan fingerprint density at radius 1 is 1.14 bits per heavy atom. The molecule has 29 heavy (non-hydrogen) atoms. The maximum Gasteiger partial charge on any atom is 0.333 e. The van der Waals surface area contributed by atoms with Gasteiger partial charge in [0.05, 0.1) is 6.20 Å². The summed E-state index contributed by atoms with van der Waals surface area (Å²) in [5, 5.41) is 25.9. The molecule has 0 saturated carbocycles. The number of benzene rings is 2. The summed E-state index contributed by atoms with van der Waals surface area (Å²) in [5.74, 6) is -4.14. The van der Waals surface area contributed by atoms with E-state index in [1.54, 1.807) is 13.0 Å². The molecule has 0 bridgehead atoms. The van der Waals surface area contributed by atoms with Crippen LogP contribution in [-0.4, -0.2) is 31.9 Å². The quantitative estimate of drug-likeness (QED) is 0.610. The predicted molar refractivity (Wildman–Crippen MR) is 98.8 cm³/mol. The highest BCUT2D eigenvalue weighted by Crippen LogP contribution is 2.25. The fourth-order valence-corrected chi connectivity index (χ4v) is 2.77. The smallest absolute Gasteiger partial charge is 0.333 e. The van der Waals surface area contributed by atoms with E-state index in [4.69, 9.17) is 0 Å². The van der Waals surface area contributed by atoms with E-state index >= 15 is 0 Å². The van der Waals surface area contributed by atoms with Gasteiger partial charge in [-0.1, -0.05) is 18.2 Å². The molecule has 0 aliphatic heterocycles. The summed E-state index contributed by atoms with van der Waals surface area (Å²) in [6.07, 6.45) is 1.04. The second-order valence-corrected chi connectivity index (χ2v) is 6.65. The molecular formula is C20H17F2N3O4. The number of halogens is 2. The van der Waals surface area contributed by atoms with Crippen LogP contribution in [0.5, 0.6) is 5.75 Å². The predicted octanol–water partition coefficient (Wildman–Crippen LogP) is 2.89. The SMILES string of the molecule is Cc1ccc(F)c(-n2cc(O)c(C(=O)NC(C)(C(=O)O)c3ccc(F)cc3)n2)c1. The van der Waals surface area contributed by atoms with Gasteiger partial charge >= 0.3 is 5.97 Å². The molecule has 1 aromatic heterocycles. The van der Waals surface area contributed by atoms with E-state index in [0.717, 1.165) is 28.6 Å². The molecule has 7 nitrogen and oxygen atoms in total. The van der Waals surface area contributed by atoms with Gasteiger partial charge in [0.2, 0.25) is 0 Å². The Bertz CT molecular complexity index is 1100. The van der Waals surface area contributed by atoms with E-state index in [2.05, 4.69) is 10.4 Å². The van der Waals surface area contributed by atoms with Crippen molar-refractivity contribution in [1.29, 1.82) is 0 Å². The van der Waals surface area contributed by atoms with Gasteiger partial charge in [-0.25, -0.2) is 18.3 Å². The standard InChI is InChI=1S/C20H17F2N3O4/c1-11-3-8-14(22)15(9-11)25-10-16(26)17(24-25)18(27)23-20(2,19(28)29)12-4-6-13(21)7-5-12/h3-10,26H,1-2H3,(H,23,27)(H,28,29). The summed E-state index contributed by atoms with van der Waals surface area (Å²) in [6, 6.07) is 8.83. The van der Waals surface area contributed by atoms with Gasteiger partial charge in [-0.2, -0.15) is 5.10 Å². The van der Waals surface area contributed by atoms with Crippen molar-refractivity contribution in [3.63, 3.8) is 0 Å². The first-order valence-corrected chi connectivity index (χ1v) is 8.49. The molecule has 1 amide bonds. The number of carbonyl (C=O) groups excluding carboxylic acids is 1. The van der Waals surface area contributed by atoms with E-state index in [-0.39, 0.29) is 11.3 Å². The lowest BCUT2D eigenvalue weighted by Gasteiger charge is -2.26. The van der Waals surface area contributed by atoms with E-state index < -0.39 is 40.5 Å². The summed E-state index contributed by atoms with van der Waals surface area (Å²) in [7, 11) is 0. The van der Waals surface area contributed by atoms with Crippen LogP contribution in [0.4, 0.5) is 8.78 Å². The third-order valence-corrected chi connectivity index (χ3v) is 4.47. The van der Waals surface area contributed by atoms with Crippen LogP contribution in [0.15, 0.2) is 48.7 Å². The lowest BCUT2D eigenvalue weighted by atomic mass is 9.92. The second-order valence-electron chi connectivity index (χ2n) is 6.65. The molecule has 0 radical (unpaired) electrons. The molecule has 0 fully saturated rings. The molecule has 3 rings (SSSR count). The molecule has 150 valence electrons. The Balaban J connectivity index is 1.96. The molecule has 1 heterocycles. The summed E-state index contributed by atoms with van der Waals surface area (Å²) in [5.41, 5.74) is -1.55. The van der Waals surface area contributed by atoms with E-state index in [0.29, 0.717) is 0 Å². The number of aromatic nitrogens is 2. The van der Waals surface area contributed by atoms with Gasteiger partial charge in [0.1, 0.15) is 17.3 Å². The first-order valence-electron chi connectivity index (χ1n) is 8.49. The topological polar surface area (TPSA) is 104 Å². The molecule has 1 unspecified atom stereocenters. The number of carbonyl (C=O) groups is 2. The number of aromatic hydroxyl groups is 1. The number of nitrogens with one attached hydrogen (secondary N) is 1. The molecule has 9 heteroatoms. The number of carboxylic acid groups (broad SMARTS) is 1. The van der Waals surface area contributed by atoms with Crippen molar-refractivity contribution in [1.82, 2.24) is 15.1 Å².